The van der Waals surface area contributed by atoms with Crippen molar-refractivity contribution in [1.82, 2.24) is 14.9 Å². The molecule has 28 heavy (non-hydrogen) atoms. The summed E-state index contributed by atoms with van der Waals surface area (Å²) in [5.74, 6) is -0.142. The Bertz CT molecular complexity index is 1130. The van der Waals surface area contributed by atoms with Gasteiger partial charge in [-0.25, -0.2) is 4.39 Å². The highest BCUT2D eigenvalue weighted by Gasteiger charge is 2.30. The fraction of sp³-hybridized carbons (Fsp3) is 0.111. The molecule has 1 amide bonds. The molecular formula is C18H11ClFN5O2S. The molecule has 2 aliphatic rings. The molecular weight excluding hydrogens is 405 g/mol. The van der Waals surface area contributed by atoms with E-state index in [2.05, 4.69) is 20.6 Å². The van der Waals surface area contributed by atoms with Gasteiger partial charge in [0.2, 0.25) is 5.16 Å². The summed E-state index contributed by atoms with van der Waals surface area (Å²) in [5, 5.41) is 16.1. The van der Waals surface area contributed by atoms with Gasteiger partial charge >= 0.3 is 0 Å². The Kier molecular flexibility index (Phi) is 4.06. The topological polar surface area (TPSA) is 81.4 Å². The second kappa shape index (κ2) is 6.61. The molecule has 140 valence electrons. The Morgan fingerprint density at radius 3 is 2.93 bits per heavy atom. The van der Waals surface area contributed by atoms with Crippen LogP contribution in [0, 0.1) is 5.82 Å². The molecule has 1 unspecified atom stereocenters. The lowest BCUT2D eigenvalue weighted by Crippen LogP contribution is -2.26. The molecule has 3 aromatic rings. The molecule has 3 heterocycles. The van der Waals surface area contributed by atoms with Crippen molar-refractivity contribution in [2.75, 3.05) is 11.9 Å². The lowest BCUT2D eigenvalue weighted by molar-refractivity contribution is -0.118. The number of carbonyl (C=O) groups is 1. The maximum atomic E-state index is 13.4. The van der Waals surface area contributed by atoms with Gasteiger partial charge in [0.1, 0.15) is 12.1 Å². The standard InChI is InChI=1S/C18H11ClFN5O2S/c19-12-5-10(6-13-16(12)27-7-14(26)22-13)15-17(9-1-3-11(20)4-2-9)28-18-23-21-8-25(18)24-15/h1-6,8,17H,7H2,(H,22,26). The second-order valence-corrected chi connectivity index (χ2v) is 7.64. The molecule has 0 radical (unpaired) electrons. The smallest absolute Gasteiger partial charge is 0.262 e. The number of fused-ring (bicyclic) bond motifs is 2. The third kappa shape index (κ3) is 2.92. The van der Waals surface area contributed by atoms with E-state index in [-0.39, 0.29) is 23.6 Å². The van der Waals surface area contributed by atoms with E-state index in [1.807, 2.05) is 0 Å². The number of nitrogens with one attached hydrogen (secondary N) is 1. The van der Waals surface area contributed by atoms with Crippen LogP contribution in [0.1, 0.15) is 16.4 Å². The quantitative estimate of drug-likeness (QED) is 0.692. The van der Waals surface area contributed by atoms with E-state index in [1.165, 1.54) is 30.2 Å². The van der Waals surface area contributed by atoms with Crippen LogP contribution in [0.25, 0.3) is 0 Å². The summed E-state index contributed by atoms with van der Waals surface area (Å²) in [5.41, 5.74) is 2.72. The summed E-state index contributed by atoms with van der Waals surface area (Å²) < 4.78 is 20.4. The zero-order valence-corrected chi connectivity index (χ0v) is 15.7. The van der Waals surface area contributed by atoms with Crippen molar-refractivity contribution in [1.29, 1.82) is 0 Å². The lowest BCUT2D eigenvalue weighted by Gasteiger charge is -2.25. The van der Waals surface area contributed by atoms with Crippen LogP contribution in [0.5, 0.6) is 5.75 Å². The lowest BCUT2D eigenvalue weighted by atomic mass is 10.00. The maximum absolute atomic E-state index is 13.4. The van der Waals surface area contributed by atoms with Gasteiger partial charge in [-0.15, -0.1) is 10.2 Å². The third-order valence-corrected chi connectivity index (χ3v) is 5.81. The molecule has 10 heteroatoms. The first-order valence-corrected chi connectivity index (χ1v) is 9.52. The van der Waals surface area contributed by atoms with Crippen LogP contribution in [0.15, 0.2) is 53.0 Å². The van der Waals surface area contributed by atoms with Gasteiger partial charge in [0.05, 0.1) is 21.7 Å². The average molecular weight is 416 g/mol. The number of aromatic nitrogens is 3. The average Bonchev–Trinajstić information content (AvgIpc) is 3.14. The molecule has 5 rings (SSSR count). The number of benzene rings is 2. The van der Waals surface area contributed by atoms with E-state index in [0.717, 1.165) is 5.56 Å². The van der Waals surface area contributed by atoms with Crippen LogP contribution < -0.4 is 10.1 Å². The van der Waals surface area contributed by atoms with Crippen LogP contribution in [0.2, 0.25) is 5.02 Å². The molecule has 0 fully saturated rings. The van der Waals surface area contributed by atoms with Gasteiger partial charge < -0.3 is 10.1 Å². The summed E-state index contributed by atoms with van der Waals surface area (Å²) in [4.78, 5) is 11.7. The number of rotatable bonds is 2. The summed E-state index contributed by atoms with van der Waals surface area (Å²) in [6.07, 6.45) is 1.51. The number of halogens is 2. The van der Waals surface area contributed by atoms with E-state index >= 15 is 0 Å². The largest absolute Gasteiger partial charge is 0.480 e. The van der Waals surface area contributed by atoms with Crippen molar-refractivity contribution in [2.24, 2.45) is 5.10 Å². The highest BCUT2D eigenvalue weighted by atomic mass is 35.5. The van der Waals surface area contributed by atoms with Crippen LogP contribution in [0.3, 0.4) is 0 Å². The number of hydrogen-bond donors (Lipinski definition) is 1. The van der Waals surface area contributed by atoms with Crippen LogP contribution in [-0.2, 0) is 4.79 Å². The second-order valence-electron chi connectivity index (χ2n) is 6.16. The molecule has 0 saturated heterocycles. The first kappa shape index (κ1) is 17.2. The number of carbonyl (C=O) groups excluding carboxylic acids is 1. The third-order valence-electron chi connectivity index (χ3n) is 4.32. The minimum atomic E-state index is -0.317. The Balaban J connectivity index is 1.65. The van der Waals surface area contributed by atoms with Gasteiger partial charge in [0.15, 0.2) is 12.4 Å². The summed E-state index contributed by atoms with van der Waals surface area (Å²) in [6.45, 7) is -0.0782. The number of ether oxygens (including phenoxy) is 1. The molecule has 0 bridgehead atoms. The van der Waals surface area contributed by atoms with Crippen molar-refractivity contribution in [3.63, 3.8) is 0 Å². The predicted molar refractivity (Wildman–Crippen MR) is 103 cm³/mol. The highest BCUT2D eigenvalue weighted by molar-refractivity contribution is 8.00. The summed E-state index contributed by atoms with van der Waals surface area (Å²) in [6, 6.07) is 9.73. The fourth-order valence-electron chi connectivity index (χ4n) is 3.07. The van der Waals surface area contributed by atoms with Crippen molar-refractivity contribution >= 4 is 40.7 Å². The number of amides is 1. The Hall–Kier alpha value is -2.91. The van der Waals surface area contributed by atoms with Crippen LogP contribution in [0.4, 0.5) is 10.1 Å². The SMILES string of the molecule is O=C1COc2c(Cl)cc(C3=Nn4cnnc4SC3c3ccc(F)cc3)cc2N1. The molecule has 1 aromatic heterocycles. The molecule has 1 N–H and O–H groups in total. The Labute approximate surface area is 167 Å². The first-order chi connectivity index (χ1) is 13.6. The minimum Gasteiger partial charge on any atom is -0.480 e. The zero-order chi connectivity index (χ0) is 19.3. The van der Waals surface area contributed by atoms with Gasteiger partial charge in [-0.3, -0.25) is 4.79 Å². The van der Waals surface area contributed by atoms with Crippen molar-refractivity contribution in [2.45, 2.75) is 10.4 Å². The zero-order valence-electron chi connectivity index (χ0n) is 14.1. The molecule has 0 saturated carbocycles. The van der Waals surface area contributed by atoms with Gasteiger partial charge in [-0.2, -0.15) is 9.78 Å². The molecule has 2 aromatic carbocycles. The Morgan fingerprint density at radius 1 is 1.29 bits per heavy atom. The summed E-state index contributed by atoms with van der Waals surface area (Å²) in [7, 11) is 0. The van der Waals surface area contributed by atoms with E-state index < -0.39 is 0 Å². The van der Waals surface area contributed by atoms with Gasteiger partial charge in [-0.1, -0.05) is 35.5 Å². The molecule has 2 aliphatic heterocycles. The molecule has 7 nitrogen and oxygen atoms in total. The first-order valence-electron chi connectivity index (χ1n) is 8.26. The van der Waals surface area contributed by atoms with Gasteiger partial charge in [0, 0.05) is 5.56 Å². The van der Waals surface area contributed by atoms with Crippen LogP contribution >= 0.6 is 23.4 Å². The highest BCUT2D eigenvalue weighted by Crippen LogP contribution is 2.43. The number of nitrogens with zero attached hydrogens (tertiary/aromatic N) is 4. The number of hydrogen-bond acceptors (Lipinski definition) is 6. The minimum absolute atomic E-state index is 0.0782. The van der Waals surface area contributed by atoms with Gasteiger partial charge in [0.25, 0.3) is 5.91 Å². The van der Waals surface area contributed by atoms with Crippen molar-refractivity contribution in [3.8, 4) is 5.75 Å². The van der Waals surface area contributed by atoms with Crippen LogP contribution in [-0.4, -0.2) is 33.1 Å². The van der Waals surface area contributed by atoms with Gasteiger partial charge in [-0.05, 0) is 29.8 Å². The maximum Gasteiger partial charge on any atom is 0.262 e. The molecule has 0 aliphatic carbocycles. The normalized spacial score (nSPS) is 17.9. The number of anilines is 1. The molecule has 0 spiro atoms. The fourth-order valence-corrected chi connectivity index (χ4v) is 4.44. The van der Waals surface area contributed by atoms with Crippen molar-refractivity contribution < 1.29 is 13.9 Å². The van der Waals surface area contributed by atoms with E-state index in [0.29, 0.717) is 32.9 Å². The Morgan fingerprint density at radius 2 is 2.11 bits per heavy atom. The monoisotopic (exact) mass is 415 g/mol. The number of thioether (sulfide) groups is 1. The van der Waals surface area contributed by atoms with E-state index in [9.17, 15) is 9.18 Å². The summed E-state index contributed by atoms with van der Waals surface area (Å²) >= 11 is 7.83. The van der Waals surface area contributed by atoms with Crippen molar-refractivity contribution in [3.05, 3.63) is 64.7 Å². The molecule has 1 atom stereocenters. The predicted octanol–water partition coefficient (Wildman–Crippen LogP) is 3.50. The van der Waals surface area contributed by atoms with E-state index in [4.69, 9.17) is 16.3 Å². The van der Waals surface area contributed by atoms with E-state index in [1.54, 1.807) is 28.9 Å².